The second kappa shape index (κ2) is 5.38. The van der Waals surface area contributed by atoms with Crippen LogP contribution in [0.1, 0.15) is 31.4 Å². The standard InChI is InChI=1S/C12H17NO.ClH/c1-9(13)11-3-2-4-12(7-11)14-8-10-5-6-10;/h2-4,7,9-10H,5-6,8,13H2,1H3;1H/t9-;/m1./s1. The zero-order valence-electron chi connectivity index (χ0n) is 8.98. The Hall–Kier alpha value is -0.730. The molecule has 1 aliphatic carbocycles. The van der Waals surface area contributed by atoms with Gasteiger partial charge in [-0.3, -0.25) is 0 Å². The van der Waals surface area contributed by atoms with E-state index in [1.807, 2.05) is 31.2 Å². The molecule has 1 aromatic rings. The summed E-state index contributed by atoms with van der Waals surface area (Å²) in [4.78, 5) is 0. The van der Waals surface area contributed by atoms with Gasteiger partial charge in [-0.25, -0.2) is 0 Å². The van der Waals surface area contributed by atoms with E-state index in [0.29, 0.717) is 0 Å². The largest absolute Gasteiger partial charge is 0.493 e. The van der Waals surface area contributed by atoms with Crippen LogP contribution in [-0.2, 0) is 0 Å². The fourth-order valence-corrected chi connectivity index (χ4v) is 1.39. The lowest BCUT2D eigenvalue weighted by atomic mass is 10.1. The van der Waals surface area contributed by atoms with Crippen LogP contribution in [0.4, 0.5) is 0 Å². The first-order valence-electron chi connectivity index (χ1n) is 5.24. The van der Waals surface area contributed by atoms with E-state index in [9.17, 15) is 0 Å². The Morgan fingerprint density at radius 3 is 2.80 bits per heavy atom. The van der Waals surface area contributed by atoms with Crippen molar-refractivity contribution in [1.29, 1.82) is 0 Å². The van der Waals surface area contributed by atoms with Crippen LogP contribution in [0.15, 0.2) is 24.3 Å². The monoisotopic (exact) mass is 227 g/mol. The van der Waals surface area contributed by atoms with Crippen LogP contribution in [0.2, 0.25) is 0 Å². The summed E-state index contributed by atoms with van der Waals surface area (Å²) in [7, 11) is 0. The fraction of sp³-hybridized carbons (Fsp3) is 0.500. The molecule has 2 rings (SSSR count). The van der Waals surface area contributed by atoms with Gasteiger partial charge in [0.2, 0.25) is 0 Å². The molecule has 0 bridgehead atoms. The summed E-state index contributed by atoms with van der Waals surface area (Å²) in [5.41, 5.74) is 6.93. The third kappa shape index (κ3) is 3.73. The number of hydrogen-bond donors (Lipinski definition) is 1. The maximum absolute atomic E-state index is 5.80. The van der Waals surface area contributed by atoms with Crippen LogP contribution in [0.5, 0.6) is 5.75 Å². The van der Waals surface area contributed by atoms with Crippen LogP contribution in [0.25, 0.3) is 0 Å². The molecule has 0 aliphatic heterocycles. The van der Waals surface area contributed by atoms with Crippen molar-refractivity contribution in [2.24, 2.45) is 11.7 Å². The Bertz CT molecular complexity index is 310. The minimum absolute atomic E-state index is 0. The highest BCUT2D eigenvalue weighted by atomic mass is 35.5. The molecule has 2 N–H and O–H groups in total. The SMILES string of the molecule is C[C@@H](N)c1cccc(OCC2CC2)c1.Cl. The second-order valence-corrected chi connectivity index (χ2v) is 4.12. The van der Waals surface area contributed by atoms with E-state index in [4.69, 9.17) is 10.5 Å². The summed E-state index contributed by atoms with van der Waals surface area (Å²) >= 11 is 0. The van der Waals surface area contributed by atoms with Gasteiger partial charge in [-0.1, -0.05) is 12.1 Å². The highest BCUT2D eigenvalue weighted by molar-refractivity contribution is 5.85. The van der Waals surface area contributed by atoms with Crippen molar-refractivity contribution < 1.29 is 4.74 Å². The van der Waals surface area contributed by atoms with Crippen molar-refractivity contribution in [3.05, 3.63) is 29.8 Å². The van der Waals surface area contributed by atoms with Gasteiger partial charge in [0.15, 0.2) is 0 Å². The Morgan fingerprint density at radius 1 is 1.47 bits per heavy atom. The maximum atomic E-state index is 5.80. The molecular weight excluding hydrogens is 210 g/mol. The van der Waals surface area contributed by atoms with Crippen molar-refractivity contribution in [1.82, 2.24) is 0 Å². The molecule has 1 aliphatic rings. The quantitative estimate of drug-likeness (QED) is 0.859. The van der Waals surface area contributed by atoms with Gasteiger partial charge in [-0.2, -0.15) is 0 Å². The molecule has 0 aromatic heterocycles. The summed E-state index contributed by atoms with van der Waals surface area (Å²) in [6.07, 6.45) is 2.65. The summed E-state index contributed by atoms with van der Waals surface area (Å²) in [6.45, 7) is 2.85. The van der Waals surface area contributed by atoms with E-state index in [0.717, 1.165) is 23.8 Å². The minimum Gasteiger partial charge on any atom is -0.493 e. The van der Waals surface area contributed by atoms with E-state index >= 15 is 0 Å². The first-order valence-corrected chi connectivity index (χ1v) is 5.24. The predicted octanol–water partition coefficient (Wildman–Crippen LogP) is 2.92. The topological polar surface area (TPSA) is 35.2 Å². The molecule has 0 heterocycles. The van der Waals surface area contributed by atoms with Gasteiger partial charge in [0.25, 0.3) is 0 Å². The number of benzene rings is 1. The molecule has 1 saturated carbocycles. The van der Waals surface area contributed by atoms with Gasteiger partial charge in [0.1, 0.15) is 5.75 Å². The van der Waals surface area contributed by atoms with E-state index in [2.05, 4.69) is 0 Å². The van der Waals surface area contributed by atoms with E-state index in [1.165, 1.54) is 12.8 Å². The van der Waals surface area contributed by atoms with Crippen molar-refractivity contribution in [3.63, 3.8) is 0 Å². The number of ether oxygens (including phenoxy) is 1. The second-order valence-electron chi connectivity index (χ2n) is 4.12. The molecule has 84 valence electrons. The zero-order chi connectivity index (χ0) is 9.97. The lowest BCUT2D eigenvalue weighted by Gasteiger charge is -2.09. The van der Waals surface area contributed by atoms with Crippen LogP contribution in [-0.4, -0.2) is 6.61 Å². The Balaban J connectivity index is 0.00000112. The molecular formula is C12H18ClNO. The third-order valence-corrected chi connectivity index (χ3v) is 2.57. The van der Waals surface area contributed by atoms with Crippen LogP contribution >= 0.6 is 12.4 Å². The molecule has 1 atom stereocenters. The molecule has 0 amide bonds. The predicted molar refractivity (Wildman–Crippen MR) is 64.5 cm³/mol. The molecule has 3 heteroatoms. The molecule has 0 unspecified atom stereocenters. The average Bonchev–Trinajstić information content (AvgIpc) is 2.99. The van der Waals surface area contributed by atoms with Crippen LogP contribution in [0, 0.1) is 5.92 Å². The average molecular weight is 228 g/mol. The molecule has 0 radical (unpaired) electrons. The van der Waals surface area contributed by atoms with Gasteiger partial charge in [-0.05, 0) is 43.4 Å². The number of rotatable bonds is 4. The molecule has 0 saturated heterocycles. The van der Waals surface area contributed by atoms with Crippen LogP contribution in [0.3, 0.4) is 0 Å². The molecule has 1 aromatic carbocycles. The molecule has 15 heavy (non-hydrogen) atoms. The van der Waals surface area contributed by atoms with E-state index in [1.54, 1.807) is 0 Å². The van der Waals surface area contributed by atoms with Gasteiger partial charge in [-0.15, -0.1) is 12.4 Å². The van der Waals surface area contributed by atoms with Gasteiger partial charge in [0, 0.05) is 6.04 Å². The van der Waals surface area contributed by atoms with Gasteiger partial charge >= 0.3 is 0 Å². The zero-order valence-corrected chi connectivity index (χ0v) is 9.80. The summed E-state index contributed by atoms with van der Waals surface area (Å²) < 4.78 is 5.67. The highest BCUT2D eigenvalue weighted by Gasteiger charge is 2.21. The third-order valence-electron chi connectivity index (χ3n) is 2.57. The summed E-state index contributed by atoms with van der Waals surface area (Å²) in [5, 5.41) is 0. The number of nitrogens with two attached hydrogens (primary N) is 1. The van der Waals surface area contributed by atoms with E-state index in [-0.39, 0.29) is 18.4 Å². The van der Waals surface area contributed by atoms with Crippen molar-refractivity contribution in [2.45, 2.75) is 25.8 Å². The lowest BCUT2D eigenvalue weighted by molar-refractivity contribution is 0.299. The maximum Gasteiger partial charge on any atom is 0.119 e. The molecule has 0 spiro atoms. The van der Waals surface area contributed by atoms with Crippen molar-refractivity contribution >= 4 is 12.4 Å². The van der Waals surface area contributed by atoms with Crippen molar-refractivity contribution in [3.8, 4) is 5.75 Å². The first kappa shape index (κ1) is 12.3. The van der Waals surface area contributed by atoms with Gasteiger partial charge < -0.3 is 10.5 Å². The lowest BCUT2D eigenvalue weighted by Crippen LogP contribution is -2.05. The summed E-state index contributed by atoms with van der Waals surface area (Å²) in [6, 6.07) is 8.15. The minimum atomic E-state index is 0. The van der Waals surface area contributed by atoms with Gasteiger partial charge in [0.05, 0.1) is 6.61 Å². The first-order chi connectivity index (χ1) is 6.75. The smallest absolute Gasteiger partial charge is 0.119 e. The highest BCUT2D eigenvalue weighted by Crippen LogP contribution is 2.29. The van der Waals surface area contributed by atoms with Crippen LogP contribution < -0.4 is 10.5 Å². The molecule has 1 fully saturated rings. The normalized spacial score (nSPS) is 16.7. The Kier molecular flexibility index (Phi) is 4.43. The van der Waals surface area contributed by atoms with Crippen molar-refractivity contribution in [2.75, 3.05) is 6.61 Å². The number of halogens is 1. The number of hydrogen-bond acceptors (Lipinski definition) is 2. The Labute approximate surface area is 97.2 Å². The fourth-order valence-electron chi connectivity index (χ4n) is 1.39. The van der Waals surface area contributed by atoms with E-state index < -0.39 is 0 Å². The summed E-state index contributed by atoms with van der Waals surface area (Å²) in [5.74, 6) is 1.75. The molecule has 2 nitrogen and oxygen atoms in total. The Morgan fingerprint density at radius 2 is 2.20 bits per heavy atom.